The van der Waals surface area contributed by atoms with Crippen molar-refractivity contribution in [3.63, 3.8) is 0 Å². The average molecular weight is 959 g/mol. The Kier molecular flexibility index (Phi) is 17.5. The Morgan fingerprint density at radius 1 is 0.329 bits per heavy atom. The normalized spacial score (nSPS) is 17.5. The SMILES string of the molecule is Cc1cc(=O)oc2cc3c(cc12)OCCOCCOc1c2cccc1Cc1cccc4c1OCCOCCOCCOCCOCCOc1c(cccc1C2)Cc1cccc(c1OCCOCCO3)C4. The minimum Gasteiger partial charge on any atom is -0.491 e. The van der Waals surface area contributed by atoms with Crippen molar-refractivity contribution in [1.82, 2.24) is 0 Å². The zero-order chi connectivity index (χ0) is 47.7. The lowest BCUT2D eigenvalue weighted by Gasteiger charge is -2.23. The molecule has 12 bridgehead atoms. The molecule has 4 aliphatic rings. The van der Waals surface area contributed by atoms with Gasteiger partial charge in [0.05, 0.1) is 79.3 Å². The largest absolute Gasteiger partial charge is 0.491 e. The summed E-state index contributed by atoms with van der Waals surface area (Å²) in [6, 6.07) is 30.4. The lowest BCUT2D eigenvalue weighted by Crippen LogP contribution is -2.15. The van der Waals surface area contributed by atoms with Gasteiger partial charge < -0.3 is 61.3 Å². The summed E-state index contributed by atoms with van der Waals surface area (Å²) in [5.74, 6) is 4.11. The molecule has 1 aliphatic carbocycles. The number of rotatable bonds is 0. The van der Waals surface area contributed by atoms with Crippen LogP contribution in [0.25, 0.3) is 11.0 Å². The van der Waals surface area contributed by atoms with Gasteiger partial charge in [0, 0.05) is 43.2 Å². The van der Waals surface area contributed by atoms with Crippen molar-refractivity contribution in [2.24, 2.45) is 0 Å². The fourth-order valence-corrected chi connectivity index (χ4v) is 8.98. The highest BCUT2D eigenvalue weighted by Crippen LogP contribution is 2.39. The lowest BCUT2D eigenvalue weighted by atomic mass is 9.91. The summed E-state index contributed by atoms with van der Waals surface area (Å²) in [6.07, 6.45) is 2.15. The molecular weight excluding hydrogens is 897 g/mol. The van der Waals surface area contributed by atoms with E-state index in [1.807, 2.05) is 13.0 Å². The quantitative estimate of drug-likeness (QED) is 0.108. The van der Waals surface area contributed by atoms with Gasteiger partial charge in [-0.2, -0.15) is 0 Å². The molecule has 70 heavy (non-hydrogen) atoms. The van der Waals surface area contributed by atoms with E-state index in [1.54, 1.807) is 6.07 Å². The minimum absolute atomic E-state index is 0.215. The molecule has 0 amide bonds. The van der Waals surface area contributed by atoms with Gasteiger partial charge in [-0.15, -0.1) is 0 Å². The summed E-state index contributed by atoms with van der Waals surface area (Å²) in [5.41, 5.74) is 8.85. The Balaban J connectivity index is 1.10. The van der Waals surface area contributed by atoms with Crippen LogP contribution in [0.3, 0.4) is 0 Å². The Morgan fingerprint density at radius 3 is 0.914 bits per heavy atom. The third-order valence-electron chi connectivity index (χ3n) is 12.2. The number of ether oxygens (including phenoxy) is 12. The first kappa shape index (κ1) is 48.9. The Bertz CT molecular complexity index is 2600. The standard InChI is InChI=1S/C56H62O14/c1-39-32-52(57)70-49-38-51-50(37-48(39)49)64-26-20-62-24-30-68-55-44-10-4-11-45(55)34-41-7-3-9-43-36-47-13-5-12-46(56(47)69-31-25-63-21-27-65-51)35-42-8-2-6-40(33-44)53(42)66-28-22-60-18-16-58-14-15-59-17-19-61-23-29-67-54(41)43/h2-13,32,37-38H,14-31,33-36H2,1H3. The zero-order valence-electron chi connectivity index (χ0n) is 39.9. The summed E-state index contributed by atoms with van der Waals surface area (Å²) in [4.78, 5) is 12.3. The Morgan fingerprint density at radius 2 is 0.600 bits per heavy atom. The average Bonchev–Trinajstić information content (AvgIpc) is 3.35. The van der Waals surface area contributed by atoms with E-state index in [-0.39, 0.29) is 26.4 Å². The summed E-state index contributed by atoms with van der Waals surface area (Å²) in [5, 5.41) is 0.753. The number of fused-ring (bicyclic) bond motifs is 13. The second-order valence-corrected chi connectivity index (χ2v) is 17.1. The predicted molar refractivity (Wildman–Crippen MR) is 262 cm³/mol. The fourth-order valence-electron chi connectivity index (χ4n) is 8.98. The van der Waals surface area contributed by atoms with E-state index in [4.69, 9.17) is 61.3 Å². The van der Waals surface area contributed by atoms with Crippen LogP contribution in [0.2, 0.25) is 0 Å². The minimum atomic E-state index is -0.434. The molecule has 14 heteroatoms. The molecule has 0 saturated carbocycles. The van der Waals surface area contributed by atoms with Crippen molar-refractivity contribution < 1.29 is 61.3 Å². The molecule has 1 aromatic heterocycles. The van der Waals surface area contributed by atoms with Gasteiger partial charge in [-0.3, -0.25) is 0 Å². The summed E-state index contributed by atoms with van der Waals surface area (Å²) < 4.78 is 80.8. The molecule has 370 valence electrons. The molecule has 0 fully saturated rings. The van der Waals surface area contributed by atoms with Gasteiger partial charge >= 0.3 is 5.63 Å². The molecule has 5 aromatic carbocycles. The van der Waals surface area contributed by atoms with Crippen LogP contribution in [0.5, 0.6) is 34.5 Å². The highest BCUT2D eigenvalue weighted by molar-refractivity contribution is 5.83. The van der Waals surface area contributed by atoms with Crippen molar-refractivity contribution in [3.8, 4) is 34.5 Å². The van der Waals surface area contributed by atoms with Crippen LogP contribution in [0.15, 0.2) is 100 Å². The van der Waals surface area contributed by atoms with Crippen LogP contribution in [-0.4, -0.2) is 119 Å². The maximum Gasteiger partial charge on any atom is 0.336 e. The van der Waals surface area contributed by atoms with Gasteiger partial charge in [0.25, 0.3) is 0 Å². The molecule has 0 radical (unpaired) electrons. The summed E-state index contributed by atoms with van der Waals surface area (Å²) >= 11 is 0. The highest BCUT2D eigenvalue weighted by Gasteiger charge is 2.22. The number of aryl methyl sites for hydroxylation is 1. The van der Waals surface area contributed by atoms with E-state index in [0.29, 0.717) is 135 Å². The van der Waals surface area contributed by atoms with Gasteiger partial charge in [-0.1, -0.05) is 72.8 Å². The van der Waals surface area contributed by atoms with Crippen molar-refractivity contribution in [1.29, 1.82) is 0 Å². The van der Waals surface area contributed by atoms with Crippen LogP contribution < -0.4 is 34.0 Å². The second kappa shape index (κ2) is 25.1. The van der Waals surface area contributed by atoms with Gasteiger partial charge in [-0.05, 0) is 63.1 Å². The van der Waals surface area contributed by atoms with Crippen LogP contribution in [0.1, 0.15) is 50.1 Å². The predicted octanol–water partition coefficient (Wildman–Crippen LogP) is 7.88. The number of para-hydroxylation sites is 4. The molecule has 0 atom stereocenters. The van der Waals surface area contributed by atoms with Crippen molar-refractivity contribution in [3.05, 3.63) is 151 Å². The van der Waals surface area contributed by atoms with E-state index in [1.165, 1.54) is 6.07 Å². The monoisotopic (exact) mass is 958 g/mol. The summed E-state index contributed by atoms with van der Waals surface area (Å²) in [7, 11) is 0. The van der Waals surface area contributed by atoms with Gasteiger partial charge in [-0.25, -0.2) is 4.79 Å². The molecule has 14 nitrogen and oxygen atoms in total. The molecule has 0 saturated heterocycles. The molecule has 6 aromatic rings. The third kappa shape index (κ3) is 13.0. The van der Waals surface area contributed by atoms with Crippen LogP contribution in [-0.2, 0) is 54.1 Å². The van der Waals surface area contributed by atoms with E-state index in [9.17, 15) is 4.79 Å². The Hall–Kier alpha value is -6.13. The van der Waals surface area contributed by atoms with Crippen molar-refractivity contribution >= 4 is 11.0 Å². The summed E-state index contributed by atoms with van der Waals surface area (Å²) in [6.45, 7) is 8.24. The Labute approximate surface area is 408 Å². The second-order valence-electron chi connectivity index (χ2n) is 17.1. The van der Waals surface area contributed by atoms with Gasteiger partial charge in [0.2, 0.25) is 0 Å². The van der Waals surface area contributed by atoms with Gasteiger partial charge in [0.15, 0.2) is 11.5 Å². The van der Waals surface area contributed by atoms with E-state index in [0.717, 1.165) is 78.5 Å². The fraction of sp³-hybridized carbons (Fsp3) is 0.411. The maximum absolute atomic E-state index is 12.3. The van der Waals surface area contributed by atoms with Crippen LogP contribution >= 0.6 is 0 Å². The maximum atomic E-state index is 12.3. The number of hydrogen-bond donors (Lipinski definition) is 0. The molecule has 0 unspecified atom stereocenters. The smallest absolute Gasteiger partial charge is 0.336 e. The molecule has 10 rings (SSSR count). The molecular formula is C56H62O14. The lowest BCUT2D eigenvalue weighted by molar-refractivity contribution is -0.00706. The van der Waals surface area contributed by atoms with Crippen molar-refractivity contribution in [2.75, 3.05) is 119 Å². The van der Waals surface area contributed by atoms with Gasteiger partial charge in [0.1, 0.15) is 68.2 Å². The van der Waals surface area contributed by atoms with Crippen LogP contribution in [0, 0.1) is 6.92 Å². The molecule has 3 aliphatic heterocycles. The van der Waals surface area contributed by atoms with Crippen LogP contribution in [0.4, 0.5) is 0 Å². The highest BCUT2D eigenvalue weighted by atomic mass is 16.6. The first-order valence-corrected chi connectivity index (χ1v) is 24.3. The molecule has 0 N–H and O–H groups in total. The zero-order valence-corrected chi connectivity index (χ0v) is 39.9. The van der Waals surface area contributed by atoms with Crippen molar-refractivity contribution in [2.45, 2.75) is 32.6 Å². The first-order chi connectivity index (χ1) is 34.6. The van der Waals surface area contributed by atoms with E-state index >= 15 is 0 Å². The van der Waals surface area contributed by atoms with E-state index in [2.05, 4.69) is 72.8 Å². The molecule has 4 heterocycles. The third-order valence-corrected chi connectivity index (χ3v) is 12.2. The molecule has 0 spiro atoms. The first-order valence-electron chi connectivity index (χ1n) is 24.3. The number of hydrogen-bond acceptors (Lipinski definition) is 14. The van der Waals surface area contributed by atoms with E-state index < -0.39 is 5.63 Å². The number of benzene rings is 5. The topological polar surface area (TPSA) is 141 Å².